The monoisotopic (exact) mass is 339 g/mol. The van der Waals surface area contributed by atoms with Gasteiger partial charge < -0.3 is 4.74 Å². The summed E-state index contributed by atoms with van der Waals surface area (Å²) in [5.74, 6) is -1.07. The van der Waals surface area contributed by atoms with Crippen LogP contribution >= 0.6 is 23.2 Å². The Bertz CT molecular complexity index is 680. The van der Waals surface area contributed by atoms with E-state index in [0.29, 0.717) is 13.0 Å². The first-order valence-electron chi connectivity index (χ1n) is 6.30. The number of alkyl halides is 3. The summed E-state index contributed by atoms with van der Waals surface area (Å²) in [5.41, 5.74) is -0.0331. The summed E-state index contributed by atoms with van der Waals surface area (Å²) < 4.78 is 46.1. The van der Waals surface area contributed by atoms with Gasteiger partial charge in [-0.15, -0.1) is 0 Å². The standard InChI is InChI=1S/C12H10Cl2F3N3O/c13-6-5-7(14)18-10-9(6)19-11(12(15,16)17)20(10)8-3-1-2-4-21-8/h5,8H,1-4H2. The number of rotatable bonds is 1. The van der Waals surface area contributed by atoms with Crippen molar-refractivity contribution < 1.29 is 17.9 Å². The Hall–Kier alpha value is -1.05. The van der Waals surface area contributed by atoms with Gasteiger partial charge >= 0.3 is 6.18 Å². The molecule has 2 aromatic heterocycles. The van der Waals surface area contributed by atoms with E-state index in [9.17, 15) is 13.2 Å². The summed E-state index contributed by atoms with van der Waals surface area (Å²) in [6.07, 6.45) is -3.34. The Kier molecular flexibility index (Phi) is 3.75. The third-order valence-electron chi connectivity index (χ3n) is 3.27. The van der Waals surface area contributed by atoms with E-state index in [1.165, 1.54) is 6.07 Å². The maximum Gasteiger partial charge on any atom is 0.449 e. The molecule has 0 aliphatic carbocycles. The highest BCUT2D eigenvalue weighted by Crippen LogP contribution is 2.38. The van der Waals surface area contributed by atoms with Crippen LogP contribution in [0.2, 0.25) is 10.2 Å². The summed E-state index contributed by atoms with van der Waals surface area (Å²) in [6.45, 7) is 0.399. The van der Waals surface area contributed by atoms with E-state index in [1.54, 1.807) is 0 Å². The molecule has 9 heteroatoms. The fourth-order valence-electron chi connectivity index (χ4n) is 2.40. The summed E-state index contributed by atoms with van der Waals surface area (Å²) in [7, 11) is 0. The van der Waals surface area contributed by atoms with Crippen LogP contribution < -0.4 is 0 Å². The van der Waals surface area contributed by atoms with Crippen LogP contribution in [-0.4, -0.2) is 21.1 Å². The molecule has 0 aromatic carbocycles. The highest BCUT2D eigenvalue weighted by molar-refractivity contribution is 6.37. The minimum Gasteiger partial charge on any atom is -0.358 e. The Morgan fingerprint density at radius 3 is 2.62 bits per heavy atom. The zero-order chi connectivity index (χ0) is 15.2. The Morgan fingerprint density at radius 1 is 1.24 bits per heavy atom. The predicted molar refractivity (Wildman–Crippen MR) is 71.4 cm³/mol. The maximum atomic E-state index is 13.2. The molecule has 1 aliphatic heterocycles. The molecule has 4 nitrogen and oxygen atoms in total. The number of hydrogen-bond donors (Lipinski definition) is 0. The van der Waals surface area contributed by atoms with Gasteiger partial charge in [-0.3, -0.25) is 4.57 Å². The third-order valence-corrected chi connectivity index (χ3v) is 3.75. The fraction of sp³-hybridized carbons (Fsp3) is 0.500. The number of pyridine rings is 1. The quantitative estimate of drug-likeness (QED) is 0.720. The van der Waals surface area contributed by atoms with Gasteiger partial charge in [0.05, 0.1) is 5.02 Å². The predicted octanol–water partition coefficient (Wildman–Crippen LogP) is 4.46. The van der Waals surface area contributed by atoms with Crippen LogP contribution in [0, 0.1) is 0 Å². The van der Waals surface area contributed by atoms with Crippen LogP contribution in [0.15, 0.2) is 6.07 Å². The van der Waals surface area contributed by atoms with Gasteiger partial charge in [-0.05, 0) is 25.3 Å². The van der Waals surface area contributed by atoms with Crippen molar-refractivity contribution in [2.45, 2.75) is 31.7 Å². The zero-order valence-electron chi connectivity index (χ0n) is 10.6. The highest BCUT2D eigenvalue weighted by Gasteiger charge is 2.40. The molecule has 3 rings (SSSR count). The average Bonchev–Trinajstić information content (AvgIpc) is 2.79. The molecule has 0 bridgehead atoms. The molecule has 1 unspecified atom stereocenters. The van der Waals surface area contributed by atoms with Crippen LogP contribution in [-0.2, 0) is 10.9 Å². The first kappa shape index (κ1) is 14.9. The highest BCUT2D eigenvalue weighted by atomic mass is 35.5. The molecule has 0 radical (unpaired) electrons. The third kappa shape index (κ3) is 2.69. The van der Waals surface area contributed by atoms with E-state index >= 15 is 0 Å². The van der Waals surface area contributed by atoms with Crippen molar-refractivity contribution in [3.63, 3.8) is 0 Å². The smallest absolute Gasteiger partial charge is 0.358 e. The lowest BCUT2D eigenvalue weighted by molar-refractivity contribution is -0.153. The first-order chi connectivity index (χ1) is 9.88. The Balaban J connectivity index is 2.26. The minimum absolute atomic E-state index is 0.00766. The van der Waals surface area contributed by atoms with Crippen LogP contribution in [0.1, 0.15) is 31.3 Å². The lowest BCUT2D eigenvalue weighted by atomic mass is 10.2. The van der Waals surface area contributed by atoms with Gasteiger partial charge in [0.1, 0.15) is 16.9 Å². The molecule has 3 heterocycles. The second-order valence-electron chi connectivity index (χ2n) is 4.72. The molecule has 2 aromatic rings. The van der Waals surface area contributed by atoms with Crippen molar-refractivity contribution in [3.8, 4) is 0 Å². The van der Waals surface area contributed by atoms with Crippen molar-refractivity contribution in [1.29, 1.82) is 0 Å². The lowest BCUT2D eigenvalue weighted by Crippen LogP contribution is -2.24. The van der Waals surface area contributed by atoms with E-state index in [1.807, 2.05) is 0 Å². The van der Waals surface area contributed by atoms with Gasteiger partial charge in [0.15, 0.2) is 5.65 Å². The first-order valence-corrected chi connectivity index (χ1v) is 7.06. The SMILES string of the molecule is FC(F)(F)c1nc2c(Cl)cc(Cl)nc2n1C1CCCCO1. The van der Waals surface area contributed by atoms with Crippen molar-refractivity contribution in [2.75, 3.05) is 6.61 Å². The number of imidazole rings is 1. The van der Waals surface area contributed by atoms with E-state index in [2.05, 4.69) is 9.97 Å². The van der Waals surface area contributed by atoms with Crippen LogP contribution in [0.5, 0.6) is 0 Å². The molecule has 0 amide bonds. The molecule has 1 atom stereocenters. The van der Waals surface area contributed by atoms with Crippen LogP contribution in [0.25, 0.3) is 11.2 Å². The normalized spacial score (nSPS) is 20.1. The molecule has 0 saturated carbocycles. The number of nitrogens with zero attached hydrogens (tertiary/aromatic N) is 3. The summed E-state index contributed by atoms with van der Waals surface area (Å²) in [6, 6.07) is 1.27. The summed E-state index contributed by atoms with van der Waals surface area (Å²) in [4.78, 5) is 7.55. The lowest BCUT2D eigenvalue weighted by Gasteiger charge is -2.25. The Labute approximate surface area is 127 Å². The van der Waals surface area contributed by atoms with Crippen molar-refractivity contribution in [3.05, 3.63) is 22.1 Å². The fourth-order valence-corrected chi connectivity index (χ4v) is 2.87. The molecule has 0 spiro atoms. The van der Waals surface area contributed by atoms with Crippen molar-refractivity contribution >= 4 is 34.4 Å². The van der Waals surface area contributed by atoms with Gasteiger partial charge in [-0.25, -0.2) is 9.97 Å². The van der Waals surface area contributed by atoms with Gasteiger partial charge in [0.25, 0.3) is 0 Å². The topological polar surface area (TPSA) is 39.9 Å². The number of halogens is 5. The number of fused-ring (bicyclic) bond motifs is 1. The molecule has 1 fully saturated rings. The van der Waals surface area contributed by atoms with E-state index in [0.717, 1.165) is 17.4 Å². The van der Waals surface area contributed by atoms with Crippen molar-refractivity contribution in [2.24, 2.45) is 0 Å². The molecule has 1 saturated heterocycles. The second-order valence-corrected chi connectivity index (χ2v) is 5.52. The van der Waals surface area contributed by atoms with Gasteiger partial charge in [-0.2, -0.15) is 13.2 Å². The Morgan fingerprint density at radius 2 is 2.00 bits per heavy atom. The van der Waals surface area contributed by atoms with Crippen LogP contribution in [0.4, 0.5) is 13.2 Å². The number of hydrogen-bond acceptors (Lipinski definition) is 3. The molecule has 114 valence electrons. The summed E-state index contributed by atoms with van der Waals surface area (Å²) >= 11 is 11.7. The van der Waals surface area contributed by atoms with E-state index in [4.69, 9.17) is 27.9 Å². The molecule has 1 aliphatic rings. The second kappa shape index (κ2) is 5.30. The van der Waals surface area contributed by atoms with Gasteiger partial charge in [0, 0.05) is 6.61 Å². The molecular weight excluding hydrogens is 330 g/mol. The zero-order valence-corrected chi connectivity index (χ0v) is 12.1. The number of aromatic nitrogens is 3. The molecule has 21 heavy (non-hydrogen) atoms. The minimum atomic E-state index is -4.63. The molecule has 0 N–H and O–H groups in total. The van der Waals surface area contributed by atoms with E-state index < -0.39 is 18.2 Å². The summed E-state index contributed by atoms with van der Waals surface area (Å²) in [5, 5.41) is 0.0447. The average molecular weight is 340 g/mol. The molecular formula is C12H10Cl2F3N3O. The van der Waals surface area contributed by atoms with Gasteiger partial charge in [-0.1, -0.05) is 23.2 Å². The van der Waals surface area contributed by atoms with Crippen molar-refractivity contribution in [1.82, 2.24) is 14.5 Å². The van der Waals surface area contributed by atoms with E-state index in [-0.39, 0.29) is 21.3 Å². The van der Waals surface area contributed by atoms with Gasteiger partial charge in [0.2, 0.25) is 5.82 Å². The maximum absolute atomic E-state index is 13.2. The number of ether oxygens (including phenoxy) is 1. The van der Waals surface area contributed by atoms with Crippen LogP contribution in [0.3, 0.4) is 0 Å². The largest absolute Gasteiger partial charge is 0.449 e.